The summed E-state index contributed by atoms with van der Waals surface area (Å²) in [4.78, 5) is 44.3. The molecule has 0 saturated carbocycles. The third-order valence-electron chi connectivity index (χ3n) is 2.22. The molecule has 0 aliphatic rings. The number of aliphatic carboxylic acids is 2. The summed E-state index contributed by atoms with van der Waals surface area (Å²) in [7, 11) is 0. The number of nitrogens with two attached hydrogens (primary N) is 1. The fourth-order valence-corrected chi connectivity index (χ4v) is 1.14. The molecule has 0 unspecified atom stereocenters. The molecule has 0 aliphatic carbocycles. The van der Waals surface area contributed by atoms with E-state index in [2.05, 4.69) is 5.32 Å². The van der Waals surface area contributed by atoms with Crippen molar-refractivity contribution >= 4 is 23.8 Å². The Morgan fingerprint density at radius 3 is 1.90 bits per heavy atom. The number of hydrogen-bond acceptors (Lipinski definition) is 6. The number of aliphatic hydroxyl groups excluding tert-OH is 1. The fraction of sp³-hybridized carbons (Fsp3) is 0.600. The highest BCUT2D eigenvalue weighted by Crippen LogP contribution is 1.96. The van der Waals surface area contributed by atoms with Crippen molar-refractivity contribution in [1.29, 1.82) is 0 Å². The maximum Gasteiger partial charge on any atom is 0.328 e. The monoisotopic (exact) mass is 291 g/mol. The van der Waals surface area contributed by atoms with Crippen LogP contribution in [0.25, 0.3) is 0 Å². The lowest BCUT2D eigenvalue weighted by atomic mass is 10.1. The average molecular weight is 291 g/mol. The number of carbonyl (C=O) groups excluding carboxylic acids is 2. The first-order valence-corrected chi connectivity index (χ1v) is 5.60. The molecule has 114 valence electrons. The highest BCUT2D eigenvalue weighted by molar-refractivity contribution is 5.93. The van der Waals surface area contributed by atoms with E-state index in [1.807, 2.05) is 5.32 Å². The minimum atomic E-state index is -1.59. The number of aliphatic hydroxyl groups is 1. The van der Waals surface area contributed by atoms with Crippen LogP contribution < -0.4 is 16.4 Å². The van der Waals surface area contributed by atoms with Gasteiger partial charge in [0.2, 0.25) is 11.8 Å². The number of carbonyl (C=O) groups is 4. The van der Waals surface area contributed by atoms with Crippen molar-refractivity contribution in [3.63, 3.8) is 0 Å². The summed E-state index contributed by atoms with van der Waals surface area (Å²) in [5.41, 5.74) is 5.27. The lowest BCUT2D eigenvalue weighted by Crippen LogP contribution is -2.55. The van der Waals surface area contributed by atoms with Crippen LogP contribution in [0.15, 0.2) is 0 Å². The number of hydrogen-bond donors (Lipinski definition) is 6. The van der Waals surface area contributed by atoms with Crippen LogP contribution >= 0.6 is 0 Å². The van der Waals surface area contributed by atoms with Gasteiger partial charge in [-0.25, -0.2) is 4.79 Å². The van der Waals surface area contributed by atoms with Crippen molar-refractivity contribution < 1.29 is 34.5 Å². The second-order valence-electron chi connectivity index (χ2n) is 4.03. The maximum atomic E-state index is 11.7. The first kappa shape index (κ1) is 17.8. The minimum Gasteiger partial charge on any atom is -0.481 e. The molecule has 0 aromatic carbocycles. The van der Waals surface area contributed by atoms with Gasteiger partial charge in [-0.15, -0.1) is 0 Å². The molecular weight excluding hydrogens is 274 g/mol. The lowest BCUT2D eigenvalue weighted by molar-refractivity contribution is -0.144. The van der Waals surface area contributed by atoms with Crippen molar-refractivity contribution in [2.45, 2.75) is 31.5 Å². The number of carboxylic acid groups (broad SMARTS) is 2. The molecule has 20 heavy (non-hydrogen) atoms. The zero-order chi connectivity index (χ0) is 15.9. The van der Waals surface area contributed by atoms with E-state index in [1.165, 1.54) is 6.92 Å². The Hall–Kier alpha value is -2.20. The minimum absolute atomic E-state index is 0.748. The Kier molecular flexibility index (Phi) is 7.18. The smallest absolute Gasteiger partial charge is 0.328 e. The summed E-state index contributed by atoms with van der Waals surface area (Å²) >= 11 is 0. The molecule has 7 N–H and O–H groups in total. The van der Waals surface area contributed by atoms with E-state index in [4.69, 9.17) is 21.1 Å². The Morgan fingerprint density at radius 1 is 1.05 bits per heavy atom. The number of rotatable bonds is 8. The Bertz CT molecular complexity index is 396. The number of nitrogens with one attached hydrogen (secondary N) is 2. The van der Waals surface area contributed by atoms with Gasteiger partial charge in [-0.05, 0) is 6.92 Å². The molecule has 10 heteroatoms. The first-order valence-electron chi connectivity index (χ1n) is 5.60. The van der Waals surface area contributed by atoms with Gasteiger partial charge in [0.1, 0.15) is 12.1 Å². The van der Waals surface area contributed by atoms with Crippen LogP contribution in [-0.2, 0) is 19.2 Å². The van der Waals surface area contributed by atoms with Gasteiger partial charge in [0, 0.05) is 0 Å². The van der Waals surface area contributed by atoms with Crippen LogP contribution in [0.5, 0.6) is 0 Å². The Labute approximate surface area is 113 Å². The van der Waals surface area contributed by atoms with Crippen LogP contribution in [0.2, 0.25) is 0 Å². The van der Waals surface area contributed by atoms with Gasteiger partial charge < -0.3 is 31.7 Å². The summed E-state index contributed by atoms with van der Waals surface area (Å²) in [5.74, 6) is -4.66. The van der Waals surface area contributed by atoms with Crippen molar-refractivity contribution in [3.05, 3.63) is 0 Å². The molecule has 2 amide bonds. The van der Waals surface area contributed by atoms with E-state index in [-0.39, 0.29) is 0 Å². The van der Waals surface area contributed by atoms with Crippen molar-refractivity contribution in [1.82, 2.24) is 10.6 Å². The van der Waals surface area contributed by atoms with Crippen LogP contribution in [0.1, 0.15) is 13.3 Å². The van der Waals surface area contributed by atoms with E-state index in [9.17, 15) is 19.2 Å². The molecular formula is C10H17N3O7. The summed E-state index contributed by atoms with van der Waals surface area (Å²) in [6.45, 7) is 0.459. The zero-order valence-electron chi connectivity index (χ0n) is 10.7. The van der Waals surface area contributed by atoms with Crippen LogP contribution in [0, 0.1) is 0 Å². The summed E-state index contributed by atoms with van der Waals surface area (Å²) in [5, 5.41) is 30.1. The molecule has 3 atom stereocenters. The van der Waals surface area contributed by atoms with Gasteiger partial charge in [-0.1, -0.05) is 0 Å². The van der Waals surface area contributed by atoms with Gasteiger partial charge in [-0.2, -0.15) is 0 Å². The molecule has 0 radical (unpaired) electrons. The van der Waals surface area contributed by atoms with Gasteiger partial charge in [0.15, 0.2) is 0 Å². The van der Waals surface area contributed by atoms with E-state index in [1.54, 1.807) is 0 Å². The standard InChI is InChI=1S/C10H17N3O7/c1-4(11)8(17)12-5(2-7(15)16)9(18)13-6(3-14)10(19)20/h4-6,14H,2-3,11H2,1H3,(H,12,17)(H,13,18)(H,15,16)(H,19,20)/t4-,5+,6+/m1/s1. The third-order valence-corrected chi connectivity index (χ3v) is 2.22. The molecule has 0 rings (SSSR count). The highest BCUT2D eigenvalue weighted by Gasteiger charge is 2.28. The first-order chi connectivity index (χ1) is 9.18. The van der Waals surface area contributed by atoms with E-state index in [0.29, 0.717) is 0 Å². The second-order valence-corrected chi connectivity index (χ2v) is 4.03. The van der Waals surface area contributed by atoms with Gasteiger partial charge in [0.05, 0.1) is 19.1 Å². The largest absolute Gasteiger partial charge is 0.481 e. The van der Waals surface area contributed by atoms with E-state index >= 15 is 0 Å². The third kappa shape index (κ3) is 6.11. The molecule has 0 saturated heterocycles. The lowest BCUT2D eigenvalue weighted by Gasteiger charge is -2.20. The predicted octanol–water partition coefficient (Wildman–Crippen LogP) is -3.15. The summed E-state index contributed by atoms with van der Waals surface area (Å²) in [6, 6.07) is -4.04. The van der Waals surface area contributed by atoms with Crippen LogP contribution in [0.3, 0.4) is 0 Å². The van der Waals surface area contributed by atoms with Crippen molar-refractivity contribution in [2.24, 2.45) is 5.73 Å². The maximum absolute atomic E-state index is 11.7. The van der Waals surface area contributed by atoms with Gasteiger partial charge >= 0.3 is 11.9 Å². The summed E-state index contributed by atoms with van der Waals surface area (Å²) < 4.78 is 0. The molecule has 0 spiro atoms. The number of carboxylic acids is 2. The van der Waals surface area contributed by atoms with E-state index in [0.717, 1.165) is 0 Å². The average Bonchev–Trinajstić information content (AvgIpc) is 2.33. The van der Waals surface area contributed by atoms with Crippen molar-refractivity contribution in [2.75, 3.05) is 6.61 Å². The molecule has 0 fully saturated rings. The molecule has 0 bridgehead atoms. The molecule has 0 aromatic heterocycles. The molecule has 10 nitrogen and oxygen atoms in total. The topological polar surface area (TPSA) is 179 Å². The number of amides is 2. The summed E-state index contributed by atoms with van der Waals surface area (Å²) in [6.07, 6.45) is -0.748. The van der Waals surface area contributed by atoms with Gasteiger partial charge in [0.25, 0.3) is 0 Å². The molecule has 0 aliphatic heterocycles. The predicted molar refractivity (Wildman–Crippen MR) is 64.5 cm³/mol. The van der Waals surface area contributed by atoms with Gasteiger partial charge in [-0.3, -0.25) is 14.4 Å². The molecule has 0 heterocycles. The zero-order valence-corrected chi connectivity index (χ0v) is 10.7. The fourth-order valence-electron chi connectivity index (χ4n) is 1.14. The van der Waals surface area contributed by atoms with Crippen LogP contribution in [-0.4, -0.2) is 63.8 Å². The Balaban J connectivity index is 4.84. The quantitative estimate of drug-likeness (QED) is 0.271. The SMILES string of the molecule is C[C@@H](N)C(=O)N[C@@H](CC(=O)O)C(=O)N[C@@H](CO)C(=O)O. The second kappa shape index (κ2) is 8.07. The van der Waals surface area contributed by atoms with E-state index < -0.39 is 54.9 Å². The Morgan fingerprint density at radius 2 is 1.55 bits per heavy atom. The van der Waals surface area contributed by atoms with Crippen LogP contribution in [0.4, 0.5) is 0 Å². The molecule has 0 aromatic rings. The normalized spacial score (nSPS) is 14.8. The van der Waals surface area contributed by atoms with Crippen molar-refractivity contribution in [3.8, 4) is 0 Å². The highest BCUT2D eigenvalue weighted by atomic mass is 16.4.